The number of ether oxygens (including phenoxy) is 2. The molecule has 0 aliphatic rings. The normalized spacial score (nSPS) is 13.8. The molecule has 0 aromatic heterocycles. The van der Waals surface area contributed by atoms with Crippen LogP contribution in [0.15, 0.2) is 12.2 Å². The zero-order valence-electron chi connectivity index (χ0n) is 13.5. The Bertz CT molecular complexity index is 308. The first kappa shape index (κ1) is 20.6. The van der Waals surface area contributed by atoms with Crippen molar-refractivity contribution in [3.8, 4) is 0 Å². The molecule has 0 spiro atoms. The molecule has 2 atom stereocenters. The average molecular weight is 316 g/mol. The molecule has 0 fully saturated rings. The van der Waals surface area contributed by atoms with E-state index < -0.39 is 11.9 Å². The summed E-state index contributed by atoms with van der Waals surface area (Å²) in [5.41, 5.74) is 0. The molecule has 0 saturated carbocycles. The number of esters is 2. The van der Waals surface area contributed by atoms with Crippen molar-refractivity contribution in [3.05, 3.63) is 12.2 Å². The minimum Gasteiger partial charge on any atom is -0.463 e. The number of carbonyl (C=O) groups is 2. The molecule has 0 bridgehead atoms. The Morgan fingerprint density at radius 3 is 1.50 bits per heavy atom. The van der Waals surface area contributed by atoms with Crippen LogP contribution in [-0.2, 0) is 19.1 Å². The highest BCUT2D eigenvalue weighted by Gasteiger charge is 2.06. The summed E-state index contributed by atoms with van der Waals surface area (Å²) in [6, 6.07) is 0. The van der Waals surface area contributed by atoms with Crippen LogP contribution in [0.3, 0.4) is 0 Å². The van der Waals surface area contributed by atoms with E-state index in [1.165, 1.54) is 0 Å². The topological polar surface area (TPSA) is 93.1 Å². The van der Waals surface area contributed by atoms with Crippen molar-refractivity contribution in [3.63, 3.8) is 0 Å². The lowest BCUT2D eigenvalue weighted by Crippen LogP contribution is -2.09. The van der Waals surface area contributed by atoms with Crippen molar-refractivity contribution in [2.75, 3.05) is 26.4 Å². The van der Waals surface area contributed by atoms with Crippen molar-refractivity contribution in [1.82, 2.24) is 0 Å². The Labute approximate surface area is 132 Å². The summed E-state index contributed by atoms with van der Waals surface area (Å²) < 4.78 is 9.88. The van der Waals surface area contributed by atoms with Crippen molar-refractivity contribution < 1.29 is 29.3 Å². The smallest absolute Gasteiger partial charge is 0.331 e. The molecule has 0 heterocycles. The largest absolute Gasteiger partial charge is 0.463 e. The fraction of sp³-hybridized carbons (Fsp3) is 0.750. The second kappa shape index (κ2) is 13.3. The lowest BCUT2D eigenvalue weighted by Gasteiger charge is -2.09. The quantitative estimate of drug-likeness (QED) is 0.418. The molecule has 0 saturated heterocycles. The molecule has 0 aromatic rings. The van der Waals surface area contributed by atoms with Gasteiger partial charge in [-0.05, 0) is 37.5 Å². The van der Waals surface area contributed by atoms with E-state index >= 15 is 0 Å². The van der Waals surface area contributed by atoms with Gasteiger partial charge in [-0.3, -0.25) is 0 Å². The summed E-state index contributed by atoms with van der Waals surface area (Å²) >= 11 is 0. The first-order chi connectivity index (χ1) is 10.5. The molecule has 0 radical (unpaired) electrons. The minimum atomic E-state index is -0.582. The van der Waals surface area contributed by atoms with Gasteiger partial charge in [-0.1, -0.05) is 13.8 Å². The van der Waals surface area contributed by atoms with Gasteiger partial charge in [0.1, 0.15) is 0 Å². The molecule has 0 rings (SSSR count). The van der Waals surface area contributed by atoms with Crippen LogP contribution >= 0.6 is 0 Å². The van der Waals surface area contributed by atoms with Gasteiger partial charge in [-0.2, -0.15) is 0 Å². The molecule has 0 aliphatic carbocycles. The summed E-state index contributed by atoms with van der Waals surface area (Å²) in [5, 5.41) is 17.5. The van der Waals surface area contributed by atoms with Crippen molar-refractivity contribution in [2.45, 2.75) is 39.5 Å². The van der Waals surface area contributed by atoms with Gasteiger partial charge >= 0.3 is 11.9 Å². The second-order valence-electron chi connectivity index (χ2n) is 5.48. The third-order valence-corrected chi connectivity index (χ3v) is 3.31. The van der Waals surface area contributed by atoms with E-state index in [1.54, 1.807) is 0 Å². The molecule has 6 heteroatoms. The Balaban J connectivity index is 3.76. The van der Waals surface area contributed by atoms with Crippen LogP contribution in [0.5, 0.6) is 0 Å². The summed E-state index contributed by atoms with van der Waals surface area (Å²) in [7, 11) is 0. The fourth-order valence-corrected chi connectivity index (χ4v) is 1.68. The van der Waals surface area contributed by atoms with Gasteiger partial charge in [-0.25, -0.2) is 9.59 Å². The fourth-order valence-electron chi connectivity index (χ4n) is 1.68. The monoisotopic (exact) mass is 316 g/mol. The summed E-state index contributed by atoms with van der Waals surface area (Å²) in [5.74, 6) is -0.594. The average Bonchev–Trinajstić information content (AvgIpc) is 2.45. The molecule has 6 nitrogen and oxygen atoms in total. The molecule has 2 N–H and O–H groups in total. The second-order valence-corrected chi connectivity index (χ2v) is 5.48. The number of aliphatic hydroxyl groups is 2. The zero-order valence-corrected chi connectivity index (χ0v) is 13.5. The van der Waals surface area contributed by atoms with Crippen LogP contribution in [0.2, 0.25) is 0 Å². The maximum absolute atomic E-state index is 11.4. The molecule has 22 heavy (non-hydrogen) atoms. The van der Waals surface area contributed by atoms with Crippen molar-refractivity contribution in [2.24, 2.45) is 11.8 Å². The first-order valence-electron chi connectivity index (χ1n) is 7.72. The van der Waals surface area contributed by atoms with Gasteiger partial charge in [0.2, 0.25) is 0 Å². The van der Waals surface area contributed by atoms with Gasteiger partial charge < -0.3 is 19.7 Å². The Kier molecular flexibility index (Phi) is 12.4. The predicted molar refractivity (Wildman–Crippen MR) is 82.0 cm³/mol. The number of aliphatic hydroxyl groups excluding tert-OH is 2. The van der Waals surface area contributed by atoms with E-state index in [2.05, 4.69) is 0 Å². The number of hydrogen-bond acceptors (Lipinski definition) is 6. The highest BCUT2D eigenvalue weighted by molar-refractivity contribution is 5.91. The van der Waals surface area contributed by atoms with E-state index in [4.69, 9.17) is 19.7 Å². The summed E-state index contributed by atoms with van der Waals surface area (Å²) in [6.07, 6.45) is 4.80. The number of carbonyl (C=O) groups excluding carboxylic acids is 2. The van der Waals surface area contributed by atoms with E-state index in [0.717, 1.165) is 12.2 Å². The molecule has 0 amide bonds. The lowest BCUT2D eigenvalue weighted by molar-refractivity contribution is -0.140. The van der Waals surface area contributed by atoms with Gasteiger partial charge in [0, 0.05) is 25.4 Å². The van der Waals surface area contributed by atoms with Crippen LogP contribution in [-0.4, -0.2) is 48.6 Å². The van der Waals surface area contributed by atoms with Crippen LogP contribution < -0.4 is 0 Å². The highest BCUT2D eigenvalue weighted by Crippen LogP contribution is 2.07. The first-order valence-corrected chi connectivity index (χ1v) is 7.72. The molecule has 2 unspecified atom stereocenters. The van der Waals surface area contributed by atoms with E-state index in [0.29, 0.717) is 25.7 Å². The number of rotatable bonds is 12. The maximum atomic E-state index is 11.4. The maximum Gasteiger partial charge on any atom is 0.331 e. The van der Waals surface area contributed by atoms with E-state index in [-0.39, 0.29) is 38.3 Å². The van der Waals surface area contributed by atoms with Gasteiger partial charge in [0.15, 0.2) is 0 Å². The van der Waals surface area contributed by atoms with Crippen molar-refractivity contribution in [1.29, 1.82) is 0 Å². The van der Waals surface area contributed by atoms with Gasteiger partial charge in [-0.15, -0.1) is 0 Å². The molecule has 0 aliphatic heterocycles. The molecule has 128 valence electrons. The third kappa shape index (κ3) is 12.3. The Hall–Kier alpha value is -1.40. The Morgan fingerprint density at radius 1 is 0.818 bits per heavy atom. The highest BCUT2D eigenvalue weighted by atomic mass is 16.5. The van der Waals surface area contributed by atoms with Crippen LogP contribution in [0, 0.1) is 11.8 Å². The van der Waals surface area contributed by atoms with E-state index in [1.807, 2.05) is 13.8 Å². The molecular formula is C16H28O6. The SMILES string of the molecule is CC(CCO)CCOC(=O)/C=C\C(=O)OCCC(C)CCO. The number of hydrogen-bond donors (Lipinski definition) is 2. The van der Waals surface area contributed by atoms with Crippen LogP contribution in [0.1, 0.15) is 39.5 Å². The van der Waals surface area contributed by atoms with Gasteiger partial charge in [0.25, 0.3) is 0 Å². The van der Waals surface area contributed by atoms with Crippen LogP contribution in [0.4, 0.5) is 0 Å². The zero-order chi connectivity index (χ0) is 16.8. The van der Waals surface area contributed by atoms with Crippen molar-refractivity contribution >= 4 is 11.9 Å². The third-order valence-electron chi connectivity index (χ3n) is 3.31. The standard InChI is InChI=1S/C16H28O6/c1-13(5-9-17)7-11-21-15(19)3-4-16(20)22-12-8-14(2)6-10-18/h3-4,13-14,17-18H,5-12H2,1-2H3/b4-3-. The predicted octanol–water partition coefficient (Wildman–Crippen LogP) is 1.45. The minimum absolute atomic E-state index is 0.123. The molecule has 0 aromatic carbocycles. The summed E-state index contributed by atoms with van der Waals surface area (Å²) in [6.45, 7) is 4.70. The summed E-state index contributed by atoms with van der Waals surface area (Å²) in [4.78, 5) is 22.7. The lowest BCUT2D eigenvalue weighted by atomic mass is 10.1. The Morgan fingerprint density at radius 2 is 1.18 bits per heavy atom. The van der Waals surface area contributed by atoms with E-state index in [9.17, 15) is 9.59 Å². The molecular weight excluding hydrogens is 288 g/mol. The van der Waals surface area contributed by atoms with Gasteiger partial charge in [0.05, 0.1) is 13.2 Å². The van der Waals surface area contributed by atoms with Crippen LogP contribution in [0.25, 0.3) is 0 Å².